The summed E-state index contributed by atoms with van der Waals surface area (Å²) < 4.78 is 18.8. The fourth-order valence-electron chi connectivity index (χ4n) is 1.77. The second-order valence-electron chi connectivity index (χ2n) is 4.54. The number of nitrogens with one attached hydrogen (secondary N) is 2. The van der Waals surface area contributed by atoms with Crippen molar-refractivity contribution < 1.29 is 13.9 Å². The number of carbonyl (C=O) groups is 1. The number of benzene rings is 2. The van der Waals surface area contributed by atoms with Crippen LogP contribution in [-0.2, 0) is 4.79 Å². The Morgan fingerprint density at radius 3 is 2.74 bits per heavy atom. The van der Waals surface area contributed by atoms with E-state index in [1.54, 1.807) is 25.3 Å². The van der Waals surface area contributed by atoms with Crippen LogP contribution < -0.4 is 15.5 Å². The van der Waals surface area contributed by atoms with Gasteiger partial charge in [0, 0.05) is 15.7 Å². The average Bonchev–Trinajstić information content (AvgIpc) is 2.54. The van der Waals surface area contributed by atoms with Crippen LogP contribution in [0.2, 0.25) is 0 Å². The number of hydrogen-bond donors (Lipinski definition) is 2. The fraction of sp³-hybridized carbons (Fsp3) is 0.125. The maximum Gasteiger partial charge on any atom is 0.259 e. The Morgan fingerprint density at radius 1 is 1.30 bits per heavy atom. The first kappa shape index (κ1) is 17.0. The summed E-state index contributed by atoms with van der Waals surface area (Å²) in [5.41, 5.74) is 3.79. The number of hydrazone groups is 1. The molecule has 2 rings (SSSR count). The molecule has 23 heavy (non-hydrogen) atoms. The fourth-order valence-corrected chi connectivity index (χ4v) is 2.15. The van der Waals surface area contributed by atoms with Gasteiger partial charge in [-0.2, -0.15) is 5.10 Å². The van der Waals surface area contributed by atoms with Crippen LogP contribution in [0.25, 0.3) is 0 Å². The Morgan fingerprint density at radius 2 is 2.04 bits per heavy atom. The monoisotopic (exact) mass is 379 g/mol. The number of rotatable bonds is 6. The van der Waals surface area contributed by atoms with Crippen LogP contribution in [-0.4, -0.2) is 25.8 Å². The molecule has 1 amide bonds. The number of carbonyl (C=O) groups excluding carboxylic acids is 1. The molecule has 0 fully saturated rings. The van der Waals surface area contributed by atoms with E-state index < -0.39 is 0 Å². The number of methoxy groups -OCH3 is 1. The smallest absolute Gasteiger partial charge is 0.259 e. The normalized spacial score (nSPS) is 10.6. The van der Waals surface area contributed by atoms with E-state index in [0.717, 1.165) is 10.0 Å². The molecule has 2 N–H and O–H groups in total. The van der Waals surface area contributed by atoms with Gasteiger partial charge < -0.3 is 10.1 Å². The Labute approximate surface area is 141 Å². The van der Waals surface area contributed by atoms with Gasteiger partial charge in [0.2, 0.25) is 0 Å². The summed E-state index contributed by atoms with van der Waals surface area (Å²) in [6.07, 6.45) is 1.50. The van der Waals surface area contributed by atoms with Crippen molar-refractivity contribution in [3.63, 3.8) is 0 Å². The SMILES string of the molecule is COc1ccc(Br)cc1C=NNC(=O)CNc1ccc(F)cc1. The molecule has 7 heteroatoms. The number of anilines is 1. The first-order chi connectivity index (χ1) is 11.1. The van der Waals surface area contributed by atoms with Gasteiger partial charge in [0.25, 0.3) is 5.91 Å². The molecule has 0 aliphatic rings. The van der Waals surface area contributed by atoms with Crippen LogP contribution in [0.5, 0.6) is 5.75 Å². The third-order valence-electron chi connectivity index (χ3n) is 2.88. The van der Waals surface area contributed by atoms with Gasteiger partial charge >= 0.3 is 0 Å². The molecule has 5 nitrogen and oxygen atoms in total. The van der Waals surface area contributed by atoms with Crippen molar-refractivity contribution in [3.8, 4) is 5.75 Å². The highest BCUT2D eigenvalue weighted by molar-refractivity contribution is 9.10. The molecular formula is C16H15BrFN3O2. The van der Waals surface area contributed by atoms with Gasteiger partial charge in [-0.3, -0.25) is 4.79 Å². The van der Waals surface area contributed by atoms with Gasteiger partial charge in [0.05, 0.1) is 19.9 Å². The lowest BCUT2D eigenvalue weighted by molar-refractivity contribution is -0.119. The number of hydrogen-bond acceptors (Lipinski definition) is 4. The van der Waals surface area contributed by atoms with Crippen molar-refractivity contribution in [2.45, 2.75) is 0 Å². The van der Waals surface area contributed by atoms with Crippen molar-refractivity contribution in [2.24, 2.45) is 5.10 Å². The summed E-state index contributed by atoms with van der Waals surface area (Å²) in [6, 6.07) is 11.2. The standard InChI is InChI=1S/C16H15BrFN3O2/c1-23-15-7-2-12(17)8-11(15)9-20-21-16(22)10-19-14-5-3-13(18)4-6-14/h2-9,19H,10H2,1H3,(H,21,22). The maximum atomic E-state index is 12.8. The zero-order valence-electron chi connectivity index (χ0n) is 12.3. The summed E-state index contributed by atoms with van der Waals surface area (Å²) in [4.78, 5) is 11.7. The molecule has 0 atom stereocenters. The van der Waals surface area contributed by atoms with Crippen molar-refractivity contribution in [3.05, 3.63) is 58.3 Å². The molecule has 0 saturated heterocycles. The molecular weight excluding hydrogens is 365 g/mol. The molecule has 0 radical (unpaired) electrons. The third kappa shape index (κ3) is 5.37. The zero-order chi connectivity index (χ0) is 16.7. The summed E-state index contributed by atoms with van der Waals surface area (Å²) in [5, 5.41) is 6.76. The minimum atomic E-state index is -0.326. The largest absolute Gasteiger partial charge is 0.496 e. The first-order valence-electron chi connectivity index (χ1n) is 6.73. The zero-order valence-corrected chi connectivity index (χ0v) is 13.9. The van der Waals surface area contributed by atoms with Gasteiger partial charge in [-0.25, -0.2) is 9.82 Å². The van der Waals surface area contributed by atoms with Gasteiger partial charge in [-0.1, -0.05) is 15.9 Å². The van der Waals surface area contributed by atoms with E-state index in [1.807, 2.05) is 12.1 Å². The van der Waals surface area contributed by atoms with Crippen LogP contribution in [0.3, 0.4) is 0 Å². The second kappa shape index (κ2) is 8.28. The molecule has 2 aromatic rings. The van der Waals surface area contributed by atoms with Crippen molar-refractivity contribution in [2.75, 3.05) is 19.0 Å². The summed E-state index contributed by atoms with van der Waals surface area (Å²) in [7, 11) is 1.56. The van der Waals surface area contributed by atoms with Crippen LogP contribution >= 0.6 is 15.9 Å². The van der Waals surface area contributed by atoms with E-state index in [-0.39, 0.29) is 18.3 Å². The predicted molar refractivity (Wildman–Crippen MR) is 91.3 cm³/mol. The first-order valence-corrected chi connectivity index (χ1v) is 7.52. The average molecular weight is 380 g/mol. The number of ether oxygens (including phenoxy) is 1. The lowest BCUT2D eigenvalue weighted by Gasteiger charge is -2.06. The molecule has 2 aromatic carbocycles. The minimum absolute atomic E-state index is 0.0264. The molecule has 0 heterocycles. The lowest BCUT2D eigenvalue weighted by Crippen LogP contribution is -2.25. The summed E-state index contributed by atoms with van der Waals surface area (Å²) in [6.45, 7) is 0.0264. The molecule has 0 aromatic heterocycles. The third-order valence-corrected chi connectivity index (χ3v) is 3.38. The van der Waals surface area contributed by atoms with E-state index in [4.69, 9.17) is 4.74 Å². The molecule has 0 unspecified atom stereocenters. The van der Waals surface area contributed by atoms with Gasteiger partial charge in [0.1, 0.15) is 11.6 Å². The molecule has 0 aliphatic carbocycles. The maximum absolute atomic E-state index is 12.8. The van der Waals surface area contributed by atoms with Gasteiger partial charge in [0.15, 0.2) is 0 Å². The van der Waals surface area contributed by atoms with Crippen LogP contribution in [0.4, 0.5) is 10.1 Å². The molecule has 0 saturated carbocycles. The Hall–Kier alpha value is -2.41. The van der Waals surface area contributed by atoms with E-state index >= 15 is 0 Å². The number of amides is 1. The quantitative estimate of drug-likeness (QED) is 0.598. The minimum Gasteiger partial charge on any atom is -0.496 e. The number of nitrogens with zero attached hydrogens (tertiary/aromatic N) is 1. The highest BCUT2D eigenvalue weighted by Crippen LogP contribution is 2.21. The highest BCUT2D eigenvalue weighted by Gasteiger charge is 2.02. The second-order valence-corrected chi connectivity index (χ2v) is 5.46. The predicted octanol–water partition coefficient (Wildman–Crippen LogP) is 3.16. The highest BCUT2D eigenvalue weighted by atomic mass is 79.9. The molecule has 0 bridgehead atoms. The van der Waals surface area contributed by atoms with Crippen molar-refractivity contribution in [1.29, 1.82) is 0 Å². The number of halogens is 2. The lowest BCUT2D eigenvalue weighted by atomic mass is 10.2. The summed E-state index contributed by atoms with van der Waals surface area (Å²) >= 11 is 3.36. The molecule has 0 spiro atoms. The van der Waals surface area contributed by atoms with Gasteiger partial charge in [-0.15, -0.1) is 0 Å². The van der Waals surface area contributed by atoms with Gasteiger partial charge in [-0.05, 0) is 42.5 Å². The van der Waals surface area contributed by atoms with E-state index in [2.05, 4.69) is 31.8 Å². The Kier molecular flexibility index (Phi) is 6.10. The molecule has 0 aliphatic heterocycles. The van der Waals surface area contributed by atoms with Crippen LogP contribution in [0.1, 0.15) is 5.56 Å². The van der Waals surface area contributed by atoms with E-state index in [1.165, 1.54) is 18.3 Å². The van der Waals surface area contributed by atoms with Crippen LogP contribution in [0, 0.1) is 5.82 Å². The summed E-state index contributed by atoms with van der Waals surface area (Å²) in [5.74, 6) is 0.00254. The van der Waals surface area contributed by atoms with E-state index in [9.17, 15) is 9.18 Å². The van der Waals surface area contributed by atoms with Crippen molar-refractivity contribution in [1.82, 2.24) is 5.43 Å². The topological polar surface area (TPSA) is 62.7 Å². The molecule has 120 valence electrons. The Balaban J connectivity index is 1.86. The van der Waals surface area contributed by atoms with Crippen LogP contribution in [0.15, 0.2) is 52.0 Å². The van der Waals surface area contributed by atoms with Crippen molar-refractivity contribution >= 4 is 33.7 Å². The Bertz CT molecular complexity index is 705. The van der Waals surface area contributed by atoms with E-state index in [0.29, 0.717) is 11.4 Å².